The number of carboxylic acid groups (broad SMARTS) is 1. The zero-order valence-corrected chi connectivity index (χ0v) is 23.1. The second-order valence-corrected chi connectivity index (χ2v) is 11.5. The van der Waals surface area contributed by atoms with Crippen LogP contribution in [0.1, 0.15) is 64.0 Å². The van der Waals surface area contributed by atoms with Gasteiger partial charge in [-0.25, -0.2) is 4.39 Å². The molecule has 0 spiro atoms. The van der Waals surface area contributed by atoms with Crippen molar-refractivity contribution in [2.24, 2.45) is 5.41 Å². The first-order valence-corrected chi connectivity index (χ1v) is 13.7. The van der Waals surface area contributed by atoms with E-state index in [1.54, 1.807) is 13.8 Å². The molecule has 9 nitrogen and oxygen atoms in total. The van der Waals surface area contributed by atoms with Crippen molar-refractivity contribution in [1.29, 1.82) is 0 Å². The number of anilines is 1. The van der Waals surface area contributed by atoms with E-state index in [0.717, 1.165) is 12.3 Å². The molecule has 13 heteroatoms. The van der Waals surface area contributed by atoms with Crippen LogP contribution in [0.15, 0.2) is 24.4 Å². The largest absolute Gasteiger partial charge is 0.481 e. The zero-order valence-electron chi connectivity index (χ0n) is 22.4. The van der Waals surface area contributed by atoms with Gasteiger partial charge in [0.1, 0.15) is 5.54 Å². The van der Waals surface area contributed by atoms with Gasteiger partial charge in [0.25, 0.3) is 5.91 Å². The van der Waals surface area contributed by atoms with Crippen molar-refractivity contribution >= 4 is 29.2 Å². The Balaban J connectivity index is 1.64. The molecule has 1 aromatic carbocycles. The van der Waals surface area contributed by atoms with Gasteiger partial charge in [-0.05, 0) is 56.6 Å². The van der Waals surface area contributed by atoms with Crippen LogP contribution in [0.5, 0.6) is 5.75 Å². The molecule has 1 amide bonds. The number of hydrogen-bond acceptors (Lipinski definition) is 6. The lowest BCUT2D eigenvalue weighted by atomic mass is 9.72. The fourth-order valence-electron chi connectivity index (χ4n) is 5.87. The lowest BCUT2D eigenvalue weighted by Crippen LogP contribution is -2.56. The second kappa shape index (κ2) is 12.0. The Labute approximate surface area is 235 Å². The predicted molar refractivity (Wildman–Crippen MR) is 141 cm³/mol. The number of ether oxygens (including phenoxy) is 1. The minimum Gasteiger partial charge on any atom is -0.481 e. The molecule has 1 saturated carbocycles. The number of halogens is 4. The molecule has 4 rings (SSSR count). The summed E-state index contributed by atoms with van der Waals surface area (Å²) in [7, 11) is 0. The van der Waals surface area contributed by atoms with Crippen LogP contribution in [0.2, 0.25) is 5.02 Å². The van der Waals surface area contributed by atoms with Crippen LogP contribution in [0.4, 0.5) is 18.9 Å². The number of rotatable bonds is 9. The van der Waals surface area contributed by atoms with E-state index >= 15 is 0 Å². The standard InChI is InChI=1S/C27H34ClF3N4O5/c1-16(2)22-19(29)14-32-35(22)27(23(37)33-20-4-3-17(28)13-21(20)40-25(30)31)9-11-34(12-10-27)15-26(24(38)39)7-5-18(36)6-8-26/h3-4,13-14,16,18,25,36H,5-12,15H2,1-2H3,(H,33,37)(H,38,39). The summed E-state index contributed by atoms with van der Waals surface area (Å²) < 4.78 is 46.9. The molecule has 1 aromatic heterocycles. The van der Waals surface area contributed by atoms with Crippen molar-refractivity contribution in [3.05, 3.63) is 40.9 Å². The highest BCUT2D eigenvalue weighted by atomic mass is 35.5. The maximum atomic E-state index is 14.9. The van der Waals surface area contributed by atoms with Gasteiger partial charge in [-0.2, -0.15) is 13.9 Å². The van der Waals surface area contributed by atoms with Crippen LogP contribution in [0.3, 0.4) is 0 Å². The van der Waals surface area contributed by atoms with E-state index in [1.165, 1.54) is 16.8 Å². The maximum absolute atomic E-state index is 14.9. The molecular weight excluding hydrogens is 553 g/mol. The quantitative estimate of drug-likeness (QED) is 0.385. The van der Waals surface area contributed by atoms with Gasteiger partial charge in [-0.1, -0.05) is 25.4 Å². The smallest absolute Gasteiger partial charge is 0.387 e. The van der Waals surface area contributed by atoms with Crippen molar-refractivity contribution in [2.75, 3.05) is 25.0 Å². The SMILES string of the molecule is CC(C)c1c(F)cnn1C1(C(=O)Nc2ccc(Cl)cc2OC(F)F)CCN(CC2(C(=O)O)CCC(O)CC2)CC1. The Hall–Kier alpha value is -2.83. The molecule has 2 fully saturated rings. The van der Waals surface area contributed by atoms with Gasteiger partial charge in [0.05, 0.1) is 29.1 Å². The number of benzene rings is 1. The first kappa shape index (κ1) is 30.1. The number of hydrogen-bond donors (Lipinski definition) is 3. The van der Waals surface area contributed by atoms with Gasteiger partial charge in [0.15, 0.2) is 11.6 Å². The van der Waals surface area contributed by atoms with Gasteiger partial charge in [-0.15, -0.1) is 0 Å². The second-order valence-electron chi connectivity index (χ2n) is 11.0. The van der Waals surface area contributed by atoms with Crippen molar-refractivity contribution < 1.29 is 37.7 Å². The van der Waals surface area contributed by atoms with E-state index < -0.39 is 41.4 Å². The number of amides is 1. The molecule has 0 bridgehead atoms. The van der Waals surface area contributed by atoms with E-state index in [1.807, 2.05) is 4.90 Å². The van der Waals surface area contributed by atoms with Crippen LogP contribution in [0.25, 0.3) is 0 Å². The monoisotopic (exact) mass is 586 g/mol. The van der Waals surface area contributed by atoms with Gasteiger partial charge in [0, 0.05) is 30.7 Å². The van der Waals surface area contributed by atoms with E-state index in [9.17, 15) is 33.0 Å². The predicted octanol–water partition coefficient (Wildman–Crippen LogP) is 4.84. The van der Waals surface area contributed by atoms with E-state index in [4.69, 9.17) is 11.6 Å². The molecule has 1 aliphatic heterocycles. The normalized spacial score (nSPS) is 23.4. The molecule has 0 radical (unpaired) electrons. The Morgan fingerprint density at radius 1 is 1.20 bits per heavy atom. The average Bonchev–Trinajstić information content (AvgIpc) is 3.29. The molecule has 40 heavy (non-hydrogen) atoms. The Kier molecular flexibility index (Phi) is 9.01. The summed E-state index contributed by atoms with van der Waals surface area (Å²) in [5.41, 5.74) is -2.19. The van der Waals surface area contributed by atoms with E-state index in [-0.39, 0.29) is 47.5 Å². The number of carbonyl (C=O) groups excluding carboxylic acids is 1. The fraction of sp³-hybridized carbons (Fsp3) is 0.593. The number of aromatic nitrogens is 2. The maximum Gasteiger partial charge on any atom is 0.387 e. The van der Waals surface area contributed by atoms with E-state index in [2.05, 4.69) is 15.2 Å². The zero-order chi connectivity index (χ0) is 29.2. The summed E-state index contributed by atoms with van der Waals surface area (Å²) in [5, 5.41) is 27.0. The van der Waals surface area contributed by atoms with Crippen LogP contribution >= 0.6 is 11.6 Å². The van der Waals surface area contributed by atoms with Crippen LogP contribution < -0.4 is 10.1 Å². The molecule has 0 unspecified atom stereocenters. The molecule has 3 N–H and O–H groups in total. The minimum atomic E-state index is -3.15. The molecular formula is C27H34ClF3N4O5. The third kappa shape index (κ3) is 6.08. The van der Waals surface area contributed by atoms with Crippen molar-refractivity contribution in [2.45, 2.75) is 76.5 Å². The summed E-state index contributed by atoms with van der Waals surface area (Å²) >= 11 is 5.95. The number of aliphatic carboxylic acids is 1. The number of nitrogens with zero attached hydrogens (tertiary/aromatic N) is 3. The van der Waals surface area contributed by atoms with Gasteiger partial charge in [0.2, 0.25) is 0 Å². The molecule has 220 valence electrons. The third-order valence-electron chi connectivity index (χ3n) is 8.12. The van der Waals surface area contributed by atoms with Crippen molar-refractivity contribution in [1.82, 2.24) is 14.7 Å². The lowest BCUT2D eigenvalue weighted by Gasteiger charge is -2.45. The Morgan fingerprint density at radius 3 is 2.42 bits per heavy atom. The van der Waals surface area contributed by atoms with Crippen molar-refractivity contribution in [3.63, 3.8) is 0 Å². The molecule has 1 saturated heterocycles. The number of alkyl halides is 2. The molecule has 2 aromatic rings. The Morgan fingerprint density at radius 2 is 1.85 bits per heavy atom. The fourth-order valence-corrected chi connectivity index (χ4v) is 6.03. The van der Waals surface area contributed by atoms with Crippen molar-refractivity contribution in [3.8, 4) is 5.75 Å². The average molecular weight is 587 g/mol. The molecule has 2 aliphatic rings. The van der Waals surface area contributed by atoms with Gasteiger partial charge >= 0.3 is 12.6 Å². The highest BCUT2D eigenvalue weighted by Crippen LogP contribution is 2.41. The highest BCUT2D eigenvalue weighted by molar-refractivity contribution is 6.30. The van der Waals surface area contributed by atoms with Crippen LogP contribution in [-0.2, 0) is 15.1 Å². The highest BCUT2D eigenvalue weighted by Gasteiger charge is 2.49. The molecule has 0 atom stereocenters. The molecule has 1 aliphatic carbocycles. The van der Waals surface area contributed by atoms with Gasteiger partial charge < -0.3 is 25.2 Å². The van der Waals surface area contributed by atoms with Crippen LogP contribution in [-0.4, -0.2) is 69.1 Å². The number of aliphatic hydroxyl groups excluding tert-OH is 1. The van der Waals surface area contributed by atoms with Gasteiger partial charge in [-0.3, -0.25) is 14.3 Å². The number of piperidine rings is 1. The first-order valence-electron chi connectivity index (χ1n) is 13.3. The molecule has 2 heterocycles. The first-order chi connectivity index (χ1) is 18.9. The van der Waals surface area contributed by atoms with Crippen LogP contribution in [0, 0.1) is 11.2 Å². The number of carboxylic acids is 1. The summed E-state index contributed by atoms with van der Waals surface area (Å²) in [4.78, 5) is 28.2. The number of aliphatic hydroxyl groups is 1. The number of likely N-dealkylation sites (tertiary alicyclic amines) is 1. The van der Waals surface area contributed by atoms with E-state index in [0.29, 0.717) is 38.8 Å². The summed E-state index contributed by atoms with van der Waals surface area (Å²) in [6.45, 7) is 1.27. The number of nitrogens with one attached hydrogen (secondary N) is 1. The summed E-state index contributed by atoms with van der Waals surface area (Å²) in [6.07, 6.45) is 2.36. The number of carbonyl (C=O) groups is 2. The minimum absolute atomic E-state index is 0.0270. The Bertz CT molecular complexity index is 1220. The lowest BCUT2D eigenvalue weighted by molar-refractivity contribution is -0.154. The summed E-state index contributed by atoms with van der Waals surface area (Å²) in [6, 6.07) is 3.93. The topological polar surface area (TPSA) is 117 Å². The third-order valence-corrected chi connectivity index (χ3v) is 8.35. The summed E-state index contributed by atoms with van der Waals surface area (Å²) in [5.74, 6) is -2.71.